The number of carbonyl (C=O) groups is 1. The van der Waals surface area contributed by atoms with Gasteiger partial charge < -0.3 is 5.11 Å². The van der Waals surface area contributed by atoms with Gasteiger partial charge >= 0.3 is 5.97 Å². The summed E-state index contributed by atoms with van der Waals surface area (Å²) in [6.45, 7) is 3.74. The van der Waals surface area contributed by atoms with Crippen LogP contribution in [0.1, 0.15) is 39.2 Å². The van der Waals surface area contributed by atoms with Crippen molar-refractivity contribution in [3.8, 4) is 0 Å². The molecular weight excluding hydrogens is 274 g/mol. The summed E-state index contributed by atoms with van der Waals surface area (Å²) < 4.78 is 2.80. The zero-order valence-corrected chi connectivity index (χ0v) is 12.5. The van der Waals surface area contributed by atoms with E-state index in [-0.39, 0.29) is 17.5 Å². The standard InChI is InChI=1S/C15H19NO3S/c1-10(15(18)19)6-5-7-11(2)16-14(17)12-8-3-4-9-13(12)20-16/h3-4,8-11H,5-7H2,1-2H3,(H,18,19). The first-order valence-electron chi connectivity index (χ1n) is 6.84. The van der Waals surface area contributed by atoms with Crippen molar-refractivity contribution in [3.05, 3.63) is 34.6 Å². The summed E-state index contributed by atoms with van der Waals surface area (Å²) in [6.07, 6.45) is 2.29. The molecule has 0 aliphatic heterocycles. The fourth-order valence-electron chi connectivity index (χ4n) is 2.24. The lowest BCUT2D eigenvalue weighted by Gasteiger charge is -2.12. The third-order valence-electron chi connectivity index (χ3n) is 3.60. The van der Waals surface area contributed by atoms with E-state index >= 15 is 0 Å². The Kier molecular flexibility index (Phi) is 4.60. The molecule has 1 N–H and O–H groups in total. The molecule has 0 aliphatic rings. The molecule has 0 aliphatic carbocycles. The van der Waals surface area contributed by atoms with Gasteiger partial charge in [0.2, 0.25) is 0 Å². The van der Waals surface area contributed by atoms with Crippen LogP contribution in [0.25, 0.3) is 10.1 Å². The van der Waals surface area contributed by atoms with Gasteiger partial charge in [0.1, 0.15) is 0 Å². The number of carboxylic acids is 1. The zero-order chi connectivity index (χ0) is 14.7. The van der Waals surface area contributed by atoms with Crippen LogP contribution in [0.2, 0.25) is 0 Å². The lowest BCUT2D eigenvalue weighted by molar-refractivity contribution is -0.141. The number of hydrogen-bond donors (Lipinski definition) is 1. The third-order valence-corrected chi connectivity index (χ3v) is 4.87. The molecule has 0 bridgehead atoms. The molecule has 1 aromatic carbocycles. The van der Waals surface area contributed by atoms with Crippen LogP contribution in [-0.4, -0.2) is 15.0 Å². The molecule has 20 heavy (non-hydrogen) atoms. The van der Waals surface area contributed by atoms with E-state index in [0.717, 1.165) is 22.9 Å². The summed E-state index contributed by atoms with van der Waals surface area (Å²) in [5.41, 5.74) is 0.0596. The Morgan fingerprint density at radius 2 is 2.00 bits per heavy atom. The number of aliphatic carboxylic acids is 1. The Balaban J connectivity index is 2.04. The summed E-state index contributed by atoms with van der Waals surface area (Å²) >= 11 is 1.48. The van der Waals surface area contributed by atoms with Crippen molar-refractivity contribution in [2.45, 2.75) is 39.2 Å². The van der Waals surface area contributed by atoms with Crippen LogP contribution in [-0.2, 0) is 4.79 Å². The number of nitrogens with zero attached hydrogens (tertiary/aromatic N) is 1. The molecule has 1 heterocycles. The number of aromatic nitrogens is 1. The lowest BCUT2D eigenvalue weighted by atomic mass is 10.0. The highest BCUT2D eigenvalue weighted by atomic mass is 32.1. The molecule has 5 heteroatoms. The van der Waals surface area contributed by atoms with Crippen molar-refractivity contribution >= 4 is 27.6 Å². The monoisotopic (exact) mass is 293 g/mol. The largest absolute Gasteiger partial charge is 0.481 e. The maximum absolute atomic E-state index is 12.3. The number of hydrogen-bond acceptors (Lipinski definition) is 3. The van der Waals surface area contributed by atoms with Gasteiger partial charge in [-0.25, -0.2) is 0 Å². The summed E-state index contributed by atoms with van der Waals surface area (Å²) in [7, 11) is 0. The van der Waals surface area contributed by atoms with Crippen LogP contribution in [0.5, 0.6) is 0 Å². The van der Waals surface area contributed by atoms with Gasteiger partial charge in [-0.05, 0) is 31.9 Å². The fraction of sp³-hybridized carbons (Fsp3) is 0.467. The van der Waals surface area contributed by atoms with Crippen LogP contribution in [0.3, 0.4) is 0 Å². The van der Waals surface area contributed by atoms with Gasteiger partial charge in [0, 0.05) is 6.04 Å². The average Bonchev–Trinajstić information content (AvgIpc) is 2.76. The second kappa shape index (κ2) is 6.22. The van der Waals surface area contributed by atoms with E-state index in [2.05, 4.69) is 0 Å². The minimum Gasteiger partial charge on any atom is -0.481 e. The molecule has 108 valence electrons. The molecule has 2 atom stereocenters. The van der Waals surface area contributed by atoms with Crippen molar-refractivity contribution in [2.24, 2.45) is 5.92 Å². The van der Waals surface area contributed by atoms with Gasteiger partial charge in [0.05, 0.1) is 16.0 Å². The van der Waals surface area contributed by atoms with E-state index in [0.29, 0.717) is 6.42 Å². The van der Waals surface area contributed by atoms with Crippen LogP contribution < -0.4 is 5.56 Å². The molecule has 4 nitrogen and oxygen atoms in total. The Hall–Kier alpha value is -1.62. The van der Waals surface area contributed by atoms with E-state index in [1.807, 2.05) is 31.2 Å². The van der Waals surface area contributed by atoms with Gasteiger partial charge in [-0.3, -0.25) is 13.5 Å². The Morgan fingerprint density at radius 3 is 2.65 bits per heavy atom. The van der Waals surface area contributed by atoms with Crippen molar-refractivity contribution in [1.29, 1.82) is 0 Å². The summed E-state index contributed by atoms with van der Waals surface area (Å²) in [6, 6.07) is 7.73. The molecule has 0 amide bonds. The van der Waals surface area contributed by atoms with Crippen molar-refractivity contribution in [1.82, 2.24) is 3.96 Å². The summed E-state index contributed by atoms with van der Waals surface area (Å²) in [5.74, 6) is -1.07. The van der Waals surface area contributed by atoms with E-state index in [4.69, 9.17) is 5.11 Å². The van der Waals surface area contributed by atoms with E-state index < -0.39 is 5.97 Å². The number of fused-ring (bicyclic) bond motifs is 1. The molecule has 1 aromatic heterocycles. The van der Waals surface area contributed by atoms with Crippen LogP contribution in [0, 0.1) is 5.92 Å². The molecule has 2 rings (SSSR count). The molecule has 0 fully saturated rings. The van der Waals surface area contributed by atoms with Gasteiger partial charge in [-0.2, -0.15) is 0 Å². The highest BCUT2D eigenvalue weighted by Crippen LogP contribution is 2.23. The highest BCUT2D eigenvalue weighted by molar-refractivity contribution is 7.13. The predicted molar refractivity (Wildman–Crippen MR) is 81.4 cm³/mol. The minimum absolute atomic E-state index is 0.0596. The van der Waals surface area contributed by atoms with Crippen LogP contribution >= 0.6 is 11.5 Å². The summed E-state index contributed by atoms with van der Waals surface area (Å²) in [5, 5.41) is 9.62. The van der Waals surface area contributed by atoms with Gasteiger partial charge in [0.15, 0.2) is 0 Å². The first kappa shape index (κ1) is 14.8. The normalized spacial score (nSPS) is 14.3. The predicted octanol–water partition coefficient (Wildman–Crippen LogP) is 3.52. The minimum atomic E-state index is -0.753. The molecule has 2 unspecified atom stereocenters. The topological polar surface area (TPSA) is 59.3 Å². The molecule has 0 saturated carbocycles. The maximum Gasteiger partial charge on any atom is 0.306 e. The van der Waals surface area contributed by atoms with E-state index in [1.54, 1.807) is 10.9 Å². The second-order valence-corrected chi connectivity index (χ2v) is 6.25. The molecule has 2 aromatic rings. The van der Waals surface area contributed by atoms with E-state index in [1.165, 1.54) is 11.5 Å². The number of carboxylic acid groups (broad SMARTS) is 1. The first-order chi connectivity index (χ1) is 9.50. The SMILES string of the molecule is CC(CCCC(C)n1sc2ccccc2c1=O)C(=O)O. The fourth-order valence-corrected chi connectivity index (χ4v) is 3.31. The highest BCUT2D eigenvalue weighted by Gasteiger charge is 2.15. The number of rotatable bonds is 6. The van der Waals surface area contributed by atoms with Gasteiger partial charge in [-0.1, -0.05) is 37.0 Å². The van der Waals surface area contributed by atoms with Crippen LogP contribution in [0.15, 0.2) is 29.1 Å². The second-order valence-electron chi connectivity index (χ2n) is 5.24. The molecular formula is C15H19NO3S. The van der Waals surface area contributed by atoms with Crippen LogP contribution in [0.4, 0.5) is 0 Å². The van der Waals surface area contributed by atoms with Gasteiger partial charge in [-0.15, -0.1) is 0 Å². The van der Waals surface area contributed by atoms with E-state index in [9.17, 15) is 9.59 Å². The zero-order valence-electron chi connectivity index (χ0n) is 11.7. The Bertz CT molecular complexity index is 658. The molecule has 0 radical (unpaired) electrons. The third kappa shape index (κ3) is 3.10. The summed E-state index contributed by atoms with van der Waals surface area (Å²) in [4.78, 5) is 23.0. The quantitative estimate of drug-likeness (QED) is 0.886. The first-order valence-corrected chi connectivity index (χ1v) is 7.61. The van der Waals surface area contributed by atoms with Gasteiger partial charge in [0.25, 0.3) is 5.56 Å². The maximum atomic E-state index is 12.3. The van der Waals surface area contributed by atoms with Crippen molar-refractivity contribution < 1.29 is 9.90 Å². The lowest BCUT2D eigenvalue weighted by Crippen LogP contribution is -2.17. The van der Waals surface area contributed by atoms with Crippen molar-refractivity contribution in [3.63, 3.8) is 0 Å². The Labute approximate surface area is 121 Å². The Morgan fingerprint density at radius 1 is 1.30 bits per heavy atom. The number of benzene rings is 1. The molecule has 0 saturated heterocycles. The smallest absolute Gasteiger partial charge is 0.306 e. The average molecular weight is 293 g/mol. The molecule has 0 spiro atoms. The van der Waals surface area contributed by atoms with Crippen molar-refractivity contribution in [2.75, 3.05) is 0 Å².